The van der Waals surface area contributed by atoms with E-state index in [0.29, 0.717) is 11.8 Å². The second-order valence-electron chi connectivity index (χ2n) is 5.51. The molecule has 2 fully saturated rings. The summed E-state index contributed by atoms with van der Waals surface area (Å²) in [6.07, 6.45) is 5.23. The molecule has 2 nitrogen and oxygen atoms in total. The van der Waals surface area contributed by atoms with Crippen molar-refractivity contribution >= 4 is 33.6 Å². The summed E-state index contributed by atoms with van der Waals surface area (Å²) >= 11 is 5.03. The van der Waals surface area contributed by atoms with Gasteiger partial charge < -0.3 is 5.32 Å². The van der Waals surface area contributed by atoms with E-state index < -0.39 is 0 Å². The first-order valence-corrected chi connectivity index (χ1v) is 8.68. The van der Waals surface area contributed by atoms with Crippen LogP contribution in [0, 0.1) is 11.8 Å². The van der Waals surface area contributed by atoms with Crippen molar-refractivity contribution in [3.63, 3.8) is 0 Å². The molecule has 0 unspecified atom stereocenters. The van der Waals surface area contributed by atoms with Crippen LogP contribution in [0.1, 0.15) is 25.7 Å². The molecule has 102 valence electrons. The number of carbonyl (C=O) groups excluding carboxylic acids is 1. The minimum Gasteiger partial charge on any atom is -0.352 e. The number of hydrogen-bond acceptors (Lipinski definition) is 2. The fraction of sp³-hybridized carbons (Fsp3) is 0.533. The highest BCUT2D eigenvalue weighted by atomic mass is 79.9. The molecule has 0 bridgehead atoms. The lowest BCUT2D eigenvalue weighted by Gasteiger charge is -2.17. The third kappa shape index (κ3) is 3.99. The molecule has 0 aliphatic heterocycles. The van der Waals surface area contributed by atoms with Gasteiger partial charge in [0.2, 0.25) is 5.91 Å². The zero-order chi connectivity index (χ0) is 13.2. The maximum absolute atomic E-state index is 12.0. The Bertz CT molecular complexity index is 442. The minimum atomic E-state index is 0.191. The molecule has 2 aliphatic carbocycles. The fourth-order valence-corrected chi connectivity index (χ4v) is 3.41. The van der Waals surface area contributed by atoms with Crippen molar-refractivity contribution < 1.29 is 4.79 Å². The number of nitrogens with one attached hydrogen (secondary N) is 1. The molecular formula is C15H18BrNOS. The Labute approximate surface area is 126 Å². The summed E-state index contributed by atoms with van der Waals surface area (Å²) in [6.45, 7) is 0. The predicted molar refractivity (Wildman–Crippen MR) is 82.2 cm³/mol. The summed E-state index contributed by atoms with van der Waals surface area (Å²) in [5, 5.41) is 3.25. The summed E-state index contributed by atoms with van der Waals surface area (Å²) in [4.78, 5) is 13.2. The summed E-state index contributed by atoms with van der Waals surface area (Å²) in [5.74, 6) is 2.26. The first-order valence-electron chi connectivity index (χ1n) is 6.90. The van der Waals surface area contributed by atoms with Crippen molar-refractivity contribution in [2.45, 2.75) is 36.6 Å². The van der Waals surface area contributed by atoms with Gasteiger partial charge >= 0.3 is 0 Å². The van der Waals surface area contributed by atoms with Crippen LogP contribution in [0.15, 0.2) is 33.6 Å². The fourth-order valence-electron chi connectivity index (χ4n) is 2.44. The largest absolute Gasteiger partial charge is 0.352 e. The van der Waals surface area contributed by atoms with Gasteiger partial charge in [0, 0.05) is 15.4 Å². The number of carbonyl (C=O) groups is 1. The van der Waals surface area contributed by atoms with E-state index >= 15 is 0 Å². The van der Waals surface area contributed by atoms with Gasteiger partial charge in [0.1, 0.15) is 0 Å². The van der Waals surface area contributed by atoms with E-state index in [1.165, 1.54) is 25.7 Å². The molecule has 0 aromatic heterocycles. The van der Waals surface area contributed by atoms with E-state index in [-0.39, 0.29) is 5.91 Å². The second kappa shape index (κ2) is 5.88. The smallest absolute Gasteiger partial charge is 0.230 e. The van der Waals surface area contributed by atoms with E-state index in [0.717, 1.165) is 21.2 Å². The number of thioether (sulfide) groups is 1. The molecule has 3 rings (SSSR count). The highest BCUT2D eigenvalue weighted by molar-refractivity contribution is 9.10. The van der Waals surface area contributed by atoms with Gasteiger partial charge in [-0.3, -0.25) is 4.79 Å². The Balaban J connectivity index is 1.46. The first kappa shape index (κ1) is 13.5. The van der Waals surface area contributed by atoms with Crippen LogP contribution >= 0.6 is 27.7 Å². The maximum atomic E-state index is 12.0. The van der Waals surface area contributed by atoms with Crippen molar-refractivity contribution in [1.82, 2.24) is 5.32 Å². The average molecular weight is 340 g/mol. The number of halogens is 1. The van der Waals surface area contributed by atoms with Gasteiger partial charge in [0.15, 0.2) is 0 Å². The highest BCUT2D eigenvalue weighted by Gasteiger charge is 2.42. The number of rotatable bonds is 6. The molecule has 1 aromatic rings. The molecular weight excluding hydrogens is 322 g/mol. The Hall–Kier alpha value is -0.480. The Morgan fingerprint density at radius 2 is 1.79 bits per heavy atom. The van der Waals surface area contributed by atoms with Crippen LogP contribution in [-0.4, -0.2) is 17.7 Å². The lowest BCUT2D eigenvalue weighted by molar-refractivity contribution is -0.119. The molecule has 1 amide bonds. The van der Waals surface area contributed by atoms with Crippen LogP contribution in [0.3, 0.4) is 0 Å². The zero-order valence-electron chi connectivity index (χ0n) is 10.8. The number of benzene rings is 1. The van der Waals surface area contributed by atoms with Gasteiger partial charge in [-0.2, -0.15) is 0 Å². The molecule has 0 saturated heterocycles. The average Bonchev–Trinajstić information content (AvgIpc) is 3.29. The predicted octanol–water partition coefficient (Wildman–Crippen LogP) is 3.85. The molecule has 1 aromatic carbocycles. The van der Waals surface area contributed by atoms with Crippen LogP contribution < -0.4 is 5.32 Å². The zero-order valence-corrected chi connectivity index (χ0v) is 13.2. The van der Waals surface area contributed by atoms with Crippen molar-refractivity contribution in [2.75, 3.05) is 5.75 Å². The summed E-state index contributed by atoms with van der Waals surface area (Å²) in [6, 6.07) is 8.58. The molecule has 2 aliphatic rings. The van der Waals surface area contributed by atoms with E-state index in [1.807, 2.05) is 24.3 Å². The highest BCUT2D eigenvalue weighted by Crippen LogP contribution is 2.44. The molecule has 19 heavy (non-hydrogen) atoms. The first-order chi connectivity index (χ1) is 9.22. The molecule has 4 heteroatoms. The van der Waals surface area contributed by atoms with Crippen LogP contribution in [0.5, 0.6) is 0 Å². The molecule has 0 heterocycles. The SMILES string of the molecule is O=C(CSc1ccc(Br)cc1)NC(C1CC1)C1CC1. The molecule has 1 N–H and O–H groups in total. The molecule has 0 radical (unpaired) electrons. The Morgan fingerprint density at radius 3 is 2.32 bits per heavy atom. The third-order valence-corrected chi connectivity index (χ3v) is 5.31. The molecule has 2 saturated carbocycles. The van der Waals surface area contributed by atoms with Crippen LogP contribution in [0.4, 0.5) is 0 Å². The summed E-state index contributed by atoms with van der Waals surface area (Å²) in [5.41, 5.74) is 0. The van der Waals surface area contributed by atoms with Crippen molar-refractivity contribution in [3.8, 4) is 0 Å². The Kier molecular flexibility index (Phi) is 4.18. The van der Waals surface area contributed by atoms with E-state index in [1.54, 1.807) is 11.8 Å². The second-order valence-corrected chi connectivity index (χ2v) is 7.48. The van der Waals surface area contributed by atoms with Crippen LogP contribution in [-0.2, 0) is 4.79 Å². The lowest BCUT2D eigenvalue weighted by atomic mass is 10.1. The van der Waals surface area contributed by atoms with E-state index in [9.17, 15) is 4.79 Å². The van der Waals surface area contributed by atoms with Gasteiger partial charge in [-0.25, -0.2) is 0 Å². The van der Waals surface area contributed by atoms with Crippen molar-refractivity contribution in [3.05, 3.63) is 28.7 Å². The van der Waals surface area contributed by atoms with Crippen LogP contribution in [0.2, 0.25) is 0 Å². The standard InChI is InChI=1S/C15H18BrNOS/c16-12-5-7-13(8-6-12)19-9-14(18)17-15(10-1-2-10)11-3-4-11/h5-8,10-11,15H,1-4,9H2,(H,17,18). The normalized spacial score (nSPS) is 18.6. The molecule has 0 atom stereocenters. The quantitative estimate of drug-likeness (QED) is 0.797. The van der Waals surface area contributed by atoms with Gasteiger partial charge in [-0.15, -0.1) is 11.8 Å². The van der Waals surface area contributed by atoms with Gasteiger partial charge in [-0.1, -0.05) is 15.9 Å². The topological polar surface area (TPSA) is 29.1 Å². The maximum Gasteiger partial charge on any atom is 0.230 e. The molecule has 0 spiro atoms. The summed E-state index contributed by atoms with van der Waals surface area (Å²) < 4.78 is 1.07. The van der Waals surface area contributed by atoms with Gasteiger partial charge in [0.05, 0.1) is 5.75 Å². The van der Waals surface area contributed by atoms with Crippen LogP contribution in [0.25, 0.3) is 0 Å². The van der Waals surface area contributed by atoms with Crippen molar-refractivity contribution in [1.29, 1.82) is 0 Å². The monoisotopic (exact) mass is 339 g/mol. The number of hydrogen-bond donors (Lipinski definition) is 1. The third-order valence-electron chi connectivity index (χ3n) is 3.77. The van der Waals surface area contributed by atoms with E-state index in [2.05, 4.69) is 21.2 Å². The van der Waals surface area contributed by atoms with Gasteiger partial charge in [0.25, 0.3) is 0 Å². The minimum absolute atomic E-state index is 0.191. The summed E-state index contributed by atoms with van der Waals surface area (Å²) in [7, 11) is 0. The Morgan fingerprint density at radius 1 is 1.21 bits per heavy atom. The van der Waals surface area contributed by atoms with Gasteiger partial charge in [-0.05, 0) is 61.8 Å². The van der Waals surface area contributed by atoms with E-state index in [4.69, 9.17) is 0 Å². The lowest BCUT2D eigenvalue weighted by Crippen LogP contribution is -2.39. The number of amides is 1. The van der Waals surface area contributed by atoms with Crippen molar-refractivity contribution in [2.24, 2.45) is 11.8 Å².